The summed E-state index contributed by atoms with van der Waals surface area (Å²) in [4.78, 5) is 14.5. The number of carbonyl (C=O) groups is 1. The fourth-order valence-corrected chi connectivity index (χ4v) is 3.06. The van der Waals surface area contributed by atoms with Crippen molar-refractivity contribution in [3.63, 3.8) is 0 Å². The van der Waals surface area contributed by atoms with Crippen LogP contribution in [0.15, 0.2) is 18.2 Å². The lowest BCUT2D eigenvalue weighted by atomic mass is 9.96. The van der Waals surface area contributed by atoms with Crippen molar-refractivity contribution in [2.24, 2.45) is 5.92 Å². The second kappa shape index (κ2) is 5.94. The number of rotatable bonds is 3. The largest absolute Gasteiger partial charge is 0.352 e. The molecule has 0 spiro atoms. The van der Waals surface area contributed by atoms with E-state index in [2.05, 4.69) is 40.8 Å². The molecule has 2 aliphatic rings. The van der Waals surface area contributed by atoms with E-state index >= 15 is 0 Å². The number of piperidine rings is 1. The smallest absolute Gasteiger partial charge is 0.223 e. The summed E-state index contributed by atoms with van der Waals surface area (Å²) in [6.07, 6.45) is 1.97. The normalized spacial score (nSPS) is 19.9. The Balaban J connectivity index is 1.53. The number of nitrogens with zero attached hydrogens (tertiary/aromatic N) is 1. The molecule has 2 aliphatic heterocycles. The van der Waals surface area contributed by atoms with Gasteiger partial charge in [-0.3, -0.25) is 4.79 Å². The number of hydrogen-bond acceptors (Lipinski definition) is 3. The molecule has 2 heterocycles. The first kappa shape index (κ1) is 13.6. The van der Waals surface area contributed by atoms with Crippen LogP contribution in [0.1, 0.15) is 29.5 Å². The van der Waals surface area contributed by atoms with Crippen molar-refractivity contribution < 1.29 is 4.79 Å². The molecule has 1 saturated heterocycles. The first-order valence-electron chi connectivity index (χ1n) is 7.50. The summed E-state index contributed by atoms with van der Waals surface area (Å²) in [6.45, 7) is 4.63. The summed E-state index contributed by atoms with van der Waals surface area (Å²) < 4.78 is 0. The molecule has 0 radical (unpaired) electrons. The lowest BCUT2D eigenvalue weighted by molar-refractivity contribution is -0.126. The van der Waals surface area contributed by atoms with Crippen molar-refractivity contribution in [1.29, 1.82) is 0 Å². The van der Waals surface area contributed by atoms with Gasteiger partial charge in [-0.05, 0) is 49.7 Å². The summed E-state index contributed by atoms with van der Waals surface area (Å²) in [5, 5.41) is 6.44. The van der Waals surface area contributed by atoms with Crippen LogP contribution in [0.2, 0.25) is 0 Å². The molecule has 108 valence electrons. The Morgan fingerprint density at radius 3 is 2.85 bits per heavy atom. The minimum atomic E-state index is 0.197. The van der Waals surface area contributed by atoms with E-state index in [1.54, 1.807) is 0 Å². The minimum Gasteiger partial charge on any atom is -0.352 e. The van der Waals surface area contributed by atoms with E-state index in [9.17, 15) is 4.79 Å². The average molecular weight is 273 g/mol. The highest BCUT2D eigenvalue weighted by Gasteiger charge is 2.23. The number of carbonyl (C=O) groups excluding carboxylic acids is 1. The molecule has 4 nitrogen and oxygen atoms in total. The number of benzene rings is 1. The molecule has 0 aromatic heterocycles. The highest BCUT2D eigenvalue weighted by atomic mass is 16.1. The molecule has 0 aliphatic carbocycles. The van der Waals surface area contributed by atoms with Crippen molar-refractivity contribution in [2.45, 2.75) is 32.5 Å². The molecule has 2 N–H and O–H groups in total. The van der Waals surface area contributed by atoms with E-state index in [0.29, 0.717) is 6.54 Å². The second-order valence-corrected chi connectivity index (χ2v) is 6.00. The van der Waals surface area contributed by atoms with Gasteiger partial charge < -0.3 is 15.5 Å². The van der Waals surface area contributed by atoms with Gasteiger partial charge in [-0.25, -0.2) is 0 Å². The minimum absolute atomic E-state index is 0.197. The highest BCUT2D eigenvalue weighted by molar-refractivity contribution is 5.78. The molecule has 0 saturated carbocycles. The summed E-state index contributed by atoms with van der Waals surface area (Å²) in [5.74, 6) is 0.416. The van der Waals surface area contributed by atoms with Crippen LogP contribution in [0, 0.1) is 5.92 Å². The number of likely N-dealkylation sites (tertiary alicyclic amines) is 1. The SMILES string of the molecule is CN1CCC(C(=O)NCc2ccc3c(c2)CNC3)CC1. The van der Waals surface area contributed by atoms with Gasteiger partial charge in [0.05, 0.1) is 0 Å². The van der Waals surface area contributed by atoms with E-state index in [4.69, 9.17) is 0 Å². The zero-order chi connectivity index (χ0) is 13.9. The topological polar surface area (TPSA) is 44.4 Å². The van der Waals surface area contributed by atoms with Gasteiger partial charge in [0.2, 0.25) is 5.91 Å². The first-order chi connectivity index (χ1) is 9.72. The van der Waals surface area contributed by atoms with Crippen molar-refractivity contribution in [2.75, 3.05) is 20.1 Å². The fraction of sp³-hybridized carbons (Fsp3) is 0.562. The second-order valence-electron chi connectivity index (χ2n) is 6.00. The van der Waals surface area contributed by atoms with Crippen molar-refractivity contribution in [1.82, 2.24) is 15.5 Å². The van der Waals surface area contributed by atoms with Crippen LogP contribution in [-0.4, -0.2) is 30.9 Å². The predicted octanol–water partition coefficient (Wildman–Crippen LogP) is 1.25. The third-order valence-electron chi connectivity index (χ3n) is 4.46. The first-order valence-corrected chi connectivity index (χ1v) is 7.50. The van der Waals surface area contributed by atoms with Gasteiger partial charge in [-0.1, -0.05) is 18.2 Å². The molecule has 4 heteroatoms. The Hall–Kier alpha value is -1.39. The van der Waals surface area contributed by atoms with Crippen LogP contribution < -0.4 is 10.6 Å². The quantitative estimate of drug-likeness (QED) is 0.871. The number of fused-ring (bicyclic) bond motifs is 1. The molecule has 20 heavy (non-hydrogen) atoms. The molecular formula is C16H23N3O. The Morgan fingerprint density at radius 2 is 2.05 bits per heavy atom. The maximum absolute atomic E-state index is 12.2. The molecule has 1 amide bonds. The lowest BCUT2D eigenvalue weighted by Crippen LogP contribution is -2.38. The molecule has 1 fully saturated rings. The zero-order valence-corrected chi connectivity index (χ0v) is 12.1. The highest BCUT2D eigenvalue weighted by Crippen LogP contribution is 2.18. The van der Waals surface area contributed by atoms with Crippen LogP contribution in [0.4, 0.5) is 0 Å². The maximum atomic E-state index is 12.2. The van der Waals surface area contributed by atoms with E-state index in [-0.39, 0.29) is 11.8 Å². The Bertz CT molecular complexity index is 492. The standard InChI is InChI=1S/C16H23N3O/c1-19-6-4-13(5-7-19)16(20)18-9-12-2-3-14-10-17-11-15(14)8-12/h2-3,8,13,17H,4-7,9-11H2,1H3,(H,18,20). The Kier molecular flexibility index (Phi) is 4.03. The summed E-state index contributed by atoms with van der Waals surface area (Å²) in [7, 11) is 2.12. The van der Waals surface area contributed by atoms with Gasteiger partial charge >= 0.3 is 0 Å². The van der Waals surface area contributed by atoms with Gasteiger partial charge in [-0.2, -0.15) is 0 Å². The van der Waals surface area contributed by atoms with Crippen LogP contribution in [0.25, 0.3) is 0 Å². The van der Waals surface area contributed by atoms with Crippen molar-refractivity contribution in [3.05, 3.63) is 34.9 Å². The zero-order valence-electron chi connectivity index (χ0n) is 12.1. The van der Waals surface area contributed by atoms with Gasteiger partial charge in [-0.15, -0.1) is 0 Å². The van der Waals surface area contributed by atoms with Crippen LogP contribution in [-0.2, 0) is 24.4 Å². The third kappa shape index (κ3) is 3.02. The van der Waals surface area contributed by atoms with E-state index in [1.807, 2.05) is 0 Å². The number of amides is 1. The summed E-state index contributed by atoms with van der Waals surface area (Å²) in [5.41, 5.74) is 3.96. The van der Waals surface area contributed by atoms with Crippen LogP contribution in [0.3, 0.4) is 0 Å². The Morgan fingerprint density at radius 1 is 1.30 bits per heavy atom. The molecule has 0 atom stereocenters. The Labute approximate surface area is 120 Å². The molecule has 0 bridgehead atoms. The predicted molar refractivity (Wildman–Crippen MR) is 79.1 cm³/mol. The van der Waals surface area contributed by atoms with Gasteiger partial charge in [0, 0.05) is 25.6 Å². The number of nitrogens with one attached hydrogen (secondary N) is 2. The average Bonchev–Trinajstić information content (AvgIpc) is 2.93. The van der Waals surface area contributed by atoms with E-state index in [1.165, 1.54) is 16.7 Å². The van der Waals surface area contributed by atoms with E-state index < -0.39 is 0 Å². The van der Waals surface area contributed by atoms with Crippen molar-refractivity contribution in [3.8, 4) is 0 Å². The van der Waals surface area contributed by atoms with Gasteiger partial charge in [0.25, 0.3) is 0 Å². The molecule has 3 rings (SSSR count). The number of hydrogen-bond donors (Lipinski definition) is 2. The third-order valence-corrected chi connectivity index (χ3v) is 4.46. The molecule has 1 aromatic carbocycles. The summed E-state index contributed by atoms with van der Waals surface area (Å²) >= 11 is 0. The maximum Gasteiger partial charge on any atom is 0.223 e. The van der Waals surface area contributed by atoms with Gasteiger partial charge in [0.15, 0.2) is 0 Å². The van der Waals surface area contributed by atoms with Crippen LogP contribution >= 0.6 is 0 Å². The summed E-state index contributed by atoms with van der Waals surface area (Å²) in [6, 6.07) is 6.51. The van der Waals surface area contributed by atoms with Crippen molar-refractivity contribution >= 4 is 5.91 Å². The monoisotopic (exact) mass is 273 g/mol. The van der Waals surface area contributed by atoms with Crippen LogP contribution in [0.5, 0.6) is 0 Å². The fourth-order valence-electron chi connectivity index (χ4n) is 3.06. The molecule has 0 unspecified atom stereocenters. The molecular weight excluding hydrogens is 250 g/mol. The van der Waals surface area contributed by atoms with Gasteiger partial charge in [0.1, 0.15) is 0 Å². The molecule has 1 aromatic rings. The van der Waals surface area contributed by atoms with E-state index in [0.717, 1.165) is 39.0 Å². The lowest BCUT2D eigenvalue weighted by Gasteiger charge is -2.28.